The molecule has 1 N–H and O–H groups in total. The van der Waals surface area contributed by atoms with Gasteiger partial charge in [-0.25, -0.2) is 4.39 Å². The van der Waals surface area contributed by atoms with Crippen molar-refractivity contribution in [1.82, 2.24) is 10.2 Å². The van der Waals surface area contributed by atoms with Crippen LogP contribution in [0.4, 0.5) is 4.39 Å². The van der Waals surface area contributed by atoms with Crippen LogP contribution in [0.5, 0.6) is 0 Å². The van der Waals surface area contributed by atoms with Crippen LogP contribution in [-0.2, 0) is 20.7 Å². The van der Waals surface area contributed by atoms with Crippen molar-refractivity contribution in [3.63, 3.8) is 0 Å². The fourth-order valence-corrected chi connectivity index (χ4v) is 2.82. The summed E-state index contributed by atoms with van der Waals surface area (Å²) in [5.41, 5.74) is 0.792. The fraction of sp³-hybridized carbons (Fsp3) is 0.529. The number of carbonyl (C=O) groups excluding carboxylic acids is 2. The molecule has 0 aliphatic carbocycles. The van der Waals surface area contributed by atoms with Crippen LogP contribution in [0.25, 0.3) is 0 Å². The van der Waals surface area contributed by atoms with Crippen molar-refractivity contribution in [2.75, 3.05) is 20.2 Å². The molecule has 0 saturated carbocycles. The van der Waals surface area contributed by atoms with Gasteiger partial charge in [0.2, 0.25) is 5.91 Å². The molecule has 5 nitrogen and oxygen atoms in total. The van der Waals surface area contributed by atoms with E-state index in [4.69, 9.17) is 4.74 Å². The molecule has 1 atom stereocenters. The molecule has 1 unspecified atom stereocenters. The second-order valence-corrected chi connectivity index (χ2v) is 5.88. The number of esters is 1. The molecular weight excluding hydrogens is 299 g/mol. The standard InChI is InChI=1S/C17H23FN2O3/c1-12(17(22)23-2)20-9-7-15(8-10-20)19-16(21)11-13-3-5-14(18)6-4-13/h3-6,12,15H,7-11H2,1-2H3,(H,19,21). The van der Waals surface area contributed by atoms with Crippen molar-refractivity contribution in [3.8, 4) is 0 Å². The van der Waals surface area contributed by atoms with Crippen LogP contribution in [-0.4, -0.2) is 49.1 Å². The number of rotatable bonds is 5. The Kier molecular flexibility index (Phi) is 6.10. The molecule has 1 fully saturated rings. The highest BCUT2D eigenvalue weighted by Crippen LogP contribution is 2.14. The van der Waals surface area contributed by atoms with Gasteiger partial charge in [0.25, 0.3) is 0 Å². The lowest BCUT2D eigenvalue weighted by molar-refractivity contribution is -0.146. The number of nitrogens with one attached hydrogen (secondary N) is 1. The van der Waals surface area contributed by atoms with Gasteiger partial charge in [-0.15, -0.1) is 0 Å². The summed E-state index contributed by atoms with van der Waals surface area (Å²) in [6, 6.07) is 5.82. The predicted octanol–water partition coefficient (Wildman–Crippen LogP) is 1.51. The van der Waals surface area contributed by atoms with Gasteiger partial charge in [0.15, 0.2) is 0 Å². The summed E-state index contributed by atoms with van der Waals surface area (Å²) >= 11 is 0. The molecule has 2 rings (SSSR count). The van der Waals surface area contributed by atoms with Gasteiger partial charge in [0.05, 0.1) is 13.5 Å². The van der Waals surface area contributed by atoms with Crippen molar-refractivity contribution in [3.05, 3.63) is 35.6 Å². The number of nitrogens with zero attached hydrogens (tertiary/aromatic N) is 1. The van der Waals surface area contributed by atoms with Crippen LogP contribution < -0.4 is 5.32 Å². The van der Waals surface area contributed by atoms with Gasteiger partial charge >= 0.3 is 5.97 Å². The van der Waals surface area contributed by atoms with Gasteiger partial charge in [-0.05, 0) is 37.5 Å². The number of piperidine rings is 1. The van der Waals surface area contributed by atoms with Crippen LogP contribution in [0.1, 0.15) is 25.3 Å². The molecule has 1 saturated heterocycles. The Bertz CT molecular complexity index is 539. The number of hydrogen-bond donors (Lipinski definition) is 1. The molecule has 1 amide bonds. The summed E-state index contributed by atoms with van der Waals surface area (Å²) in [6.07, 6.45) is 1.85. The second-order valence-electron chi connectivity index (χ2n) is 5.88. The topological polar surface area (TPSA) is 58.6 Å². The molecule has 0 spiro atoms. The summed E-state index contributed by atoms with van der Waals surface area (Å²) in [5.74, 6) is -0.596. The normalized spacial score (nSPS) is 17.5. The average molecular weight is 322 g/mol. The van der Waals surface area contributed by atoms with Gasteiger partial charge in [-0.1, -0.05) is 12.1 Å². The zero-order valence-corrected chi connectivity index (χ0v) is 13.5. The maximum atomic E-state index is 12.8. The van der Waals surface area contributed by atoms with Gasteiger partial charge in [0, 0.05) is 19.1 Å². The lowest BCUT2D eigenvalue weighted by Crippen LogP contribution is -2.49. The summed E-state index contributed by atoms with van der Waals surface area (Å²) in [7, 11) is 1.39. The van der Waals surface area contributed by atoms with Crippen LogP contribution in [0, 0.1) is 5.82 Å². The SMILES string of the molecule is COC(=O)C(C)N1CCC(NC(=O)Cc2ccc(F)cc2)CC1. The minimum absolute atomic E-state index is 0.0592. The third-order valence-corrected chi connectivity index (χ3v) is 4.26. The monoisotopic (exact) mass is 322 g/mol. The van der Waals surface area contributed by atoms with Crippen LogP contribution in [0.15, 0.2) is 24.3 Å². The van der Waals surface area contributed by atoms with Crippen molar-refractivity contribution in [2.45, 2.75) is 38.3 Å². The Morgan fingerprint density at radius 3 is 2.48 bits per heavy atom. The first-order chi connectivity index (χ1) is 11.0. The number of methoxy groups -OCH3 is 1. The van der Waals surface area contributed by atoms with Crippen LogP contribution >= 0.6 is 0 Å². The van der Waals surface area contributed by atoms with E-state index in [1.165, 1.54) is 19.2 Å². The largest absolute Gasteiger partial charge is 0.468 e. The molecule has 1 aliphatic heterocycles. The highest BCUT2D eigenvalue weighted by Gasteiger charge is 2.27. The molecule has 0 radical (unpaired) electrons. The van der Waals surface area contributed by atoms with E-state index in [9.17, 15) is 14.0 Å². The third kappa shape index (κ3) is 5.03. The number of halogens is 1. The van der Waals surface area contributed by atoms with E-state index in [1.54, 1.807) is 12.1 Å². The number of hydrogen-bond acceptors (Lipinski definition) is 4. The molecule has 23 heavy (non-hydrogen) atoms. The zero-order chi connectivity index (χ0) is 16.8. The highest BCUT2D eigenvalue weighted by molar-refractivity contribution is 5.78. The smallest absolute Gasteiger partial charge is 0.322 e. The molecule has 6 heteroatoms. The molecule has 1 aromatic carbocycles. The molecule has 1 aromatic rings. The van der Waals surface area contributed by atoms with E-state index in [0.717, 1.165) is 31.5 Å². The first-order valence-electron chi connectivity index (χ1n) is 7.85. The Morgan fingerprint density at radius 2 is 1.91 bits per heavy atom. The van der Waals surface area contributed by atoms with Crippen molar-refractivity contribution < 1.29 is 18.7 Å². The molecule has 1 heterocycles. The van der Waals surface area contributed by atoms with Crippen molar-refractivity contribution >= 4 is 11.9 Å². The molecule has 1 aliphatic rings. The highest BCUT2D eigenvalue weighted by atomic mass is 19.1. The zero-order valence-electron chi connectivity index (χ0n) is 13.5. The Balaban J connectivity index is 1.76. The average Bonchev–Trinajstić information content (AvgIpc) is 2.56. The van der Waals surface area contributed by atoms with Crippen LogP contribution in [0.2, 0.25) is 0 Å². The van der Waals surface area contributed by atoms with Gasteiger partial charge < -0.3 is 10.1 Å². The Morgan fingerprint density at radius 1 is 1.30 bits per heavy atom. The first kappa shape index (κ1) is 17.4. The van der Waals surface area contributed by atoms with E-state index in [1.807, 2.05) is 6.92 Å². The van der Waals surface area contributed by atoms with Crippen LogP contribution in [0.3, 0.4) is 0 Å². The van der Waals surface area contributed by atoms with Gasteiger partial charge in [0.1, 0.15) is 11.9 Å². The number of benzene rings is 1. The van der Waals surface area contributed by atoms with E-state index >= 15 is 0 Å². The first-order valence-corrected chi connectivity index (χ1v) is 7.85. The Hall–Kier alpha value is -1.95. The number of ether oxygens (including phenoxy) is 1. The van der Waals surface area contributed by atoms with E-state index in [2.05, 4.69) is 10.2 Å². The Labute approximate surface area is 135 Å². The fourth-order valence-electron chi connectivity index (χ4n) is 2.82. The summed E-state index contributed by atoms with van der Waals surface area (Å²) in [4.78, 5) is 25.6. The molecule has 0 aromatic heterocycles. The molecule has 0 bridgehead atoms. The van der Waals surface area contributed by atoms with E-state index in [0.29, 0.717) is 0 Å². The maximum absolute atomic E-state index is 12.8. The summed E-state index contributed by atoms with van der Waals surface area (Å²) in [5, 5.41) is 3.01. The maximum Gasteiger partial charge on any atom is 0.322 e. The predicted molar refractivity (Wildman–Crippen MR) is 84.3 cm³/mol. The van der Waals surface area contributed by atoms with E-state index < -0.39 is 0 Å². The lowest BCUT2D eigenvalue weighted by atomic mass is 10.0. The summed E-state index contributed by atoms with van der Waals surface area (Å²) in [6.45, 7) is 3.33. The number of likely N-dealkylation sites (tertiary alicyclic amines) is 1. The van der Waals surface area contributed by atoms with Gasteiger partial charge in [-0.2, -0.15) is 0 Å². The minimum atomic E-state index is -0.304. The third-order valence-electron chi connectivity index (χ3n) is 4.26. The van der Waals surface area contributed by atoms with E-state index in [-0.39, 0.29) is 36.2 Å². The summed E-state index contributed by atoms with van der Waals surface area (Å²) < 4.78 is 17.6. The van der Waals surface area contributed by atoms with Crippen molar-refractivity contribution in [1.29, 1.82) is 0 Å². The molecular formula is C17H23FN2O3. The molecule has 126 valence electrons. The van der Waals surface area contributed by atoms with Gasteiger partial charge in [-0.3, -0.25) is 14.5 Å². The lowest BCUT2D eigenvalue weighted by Gasteiger charge is -2.35. The second kappa shape index (κ2) is 8.06. The number of carbonyl (C=O) groups is 2. The quantitative estimate of drug-likeness (QED) is 0.835. The van der Waals surface area contributed by atoms with Crippen molar-refractivity contribution in [2.24, 2.45) is 0 Å². The number of amides is 1. The minimum Gasteiger partial charge on any atom is -0.468 e.